The molecular weight excluding hydrogens is 156 g/mol. The van der Waals surface area contributed by atoms with E-state index < -0.39 is 0 Å². The van der Waals surface area contributed by atoms with Gasteiger partial charge in [0.15, 0.2) is 0 Å². The molecule has 0 aliphatic heterocycles. The van der Waals surface area contributed by atoms with Gasteiger partial charge in [0.05, 0.1) is 19.6 Å². The van der Waals surface area contributed by atoms with E-state index in [1.165, 1.54) is 0 Å². The molecule has 0 rings (SSSR count). The van der Waals surface area contributed by atoms with E-state index in [0.717, 1.165) is 0 Å². The molecule has 0 aromatic heterocycles. The molecule has 0 aromatic rings. The highest BCUT2D eigenvalue weighted by molar-refractivity contribution is 5.78. The zero-order valence-corrected chi connectivity index (χ0v) is 7.01. The van der Waals surface area contributed by atoms with Gasteiger partial charge in [0, 0.05) is 13.1 Å². The van der Waals surface area contributed by atoms with Crippen LogP contribution < -0.4 is 11.1 Å². The van der Waals surface area contributed by atoms with E-state index in [1.54, 1.807) is 0 Å². The number of carbonyl (C=O) groups is 1. The van der Waals surface area contributed by atoms with E-state index in [4.69, 9.17) is 16.9 Å². The molecule has 0 bridgehead atoms. The molecule has 0 atom stereocenters. The Morgan fingerprint density at radius 1 is 1.58 bits per heavy atom. The van der Waals surface area contributed by atoms with Crippen molar-refractivity contribution in [3.8, 4) is 12.3 Å². The van der Waals surface area contributed by atoms with Crippen LogP contribution in [0.2, 0.25) is 0 Å². The van der Waals surface area contributed by atoms with Gasteiger partial charge in [-0.1, -0.05) is 5.92 Å². The highest BCUT2D eigenvalue weighted by atomic mass is 16.5. The van der Waals surface area contributed by atoms with Gasteiger partial charge in [0.1, 0.15) is 0 Å². The molecule has 0 unspecified atom stereocenters. The minimum atomic E-state index is -0.145. The van der Waals surface area contributed by atoms with Crippen LogP contribution in [0.25, 0.3) is 0 Å². The van der Waals surface area contributed by atoms with Crippen molar-refractivity contribution in [2.24, 2.45) is 5.73 Å². The fraction of sp³-hybridized carbons (Fsp3) is 0.625. The van der Waals surface area contributed by atoms with E-state index in [2.05, 4.69) is 11.2 Å². The van der Waals surface area contributed by atoms with E-state index in [9.17, 15) is 4.79 Å². The zero-order chi connectivity index (χ0) is 9.23. The first-order chi connectivity index (χ1) is 5.81. The van der Waals surface area contributed by atoms with Crippen molar-refractivity contribution in [2.45, 2.75) is 6.42 Å². The van der Waals surface area contributed by atoms with Crippen molar-refractivity contribution < 1.29 is 9.53 Å². The Hall–Kier alpha value is -1.05. The van der Waals surface area contributed by atoms with Gasteiger partial charge in [0.25, 0.3) is 0 Å². The standard InChI is InChI=1S/C8H14N2O2/c1-2-3-8(11)10-5-7-12-6-4-9/h1H,3-7,9H2,(H,10,11). The van der Waals surface area contributed by atoms with Gasteiger partial charge in [-0.15, -0.1) is 6.42 Å². The van der Waals surface area contributed by atoms with Gasteiger partial charge < -0.3 is 15.8 Å². The maximum absolute atomic E-state index is 10.7. The SMILES string of the molecule is C#CCC(=O)NCCOCCN. The lowest BCUT2D eigenvalue weighted by atomic mass is 10.4. The predicted molar refractivity (Wildman–Crippen MR) is 46.3 cm³/mol. The van der Waals surface area contributed by atoms with Gasteiger partial charge in [-0.25, -0.2) is 0 Å². The normalized spacial score (nSPS) is 9.00. The van der Waals surface area contributed by atoms with E-state index in [1.807, 2.05) is 0 Å². The molecule has 0 aliphatic carbocycles. The number of amides is 1. The molecule has 0 radical (unpaired) electrons. The fourth-order valence-corrected chi connectivity index (χ4v) is 0.603. The first-order valence-electron chi connectivity index (χ1n) is 3.79. The Kier molecular flexibility index (Phi) is 7.35. The van der Waals surface area contributed by atoms with Crippen molar-refractivity contribution in [1.82, 2.24) is 5.32 Å². The summed E-state index contributed by atoms with van der Waals surface area (Å²) in [4.78, 5) is 10.7. The average Bonchev–Trinajstić information content (AvgIpc) is 2.05. The van der Waals surface area contributed by atoms with Gasteiger partial charge in [0.2, 0.25) is 5.91 Å². The third kappa shape index (κ3) is 7.06. The molecule has 4 nitrogen and oxygen atoms in total. The Balaban J connectivity index is 3.10. The van der Waals surface area contributed by atoms with Crippen LogP contribution in [0.15, 0.2) is 0 Å². The quantitative estimate of drug-likeness (QED) is 0.401. The molecule has 4 heteroatoms. The van der Waals surface area contributed by atoms with Gasteiger partial charge in [-0.3, -0.25) is 4.79 Å². The summed E-state index contributed by atoms with van der Waals surface area (Å²) < 4.78 is 5.02. The molecule has 3 N–H and O–H groups in total. The molecule has 0 saturated carbocycles. The third-order valence-electron chi connectivity index (χ3n) is 1.09. The van der Waals surface area contributed by atoms with Crippen molar-refractivity contribution in [2.75, 3.05) is 26.3 Å². The number of nitrogens with one attached hydrogen (secondary N) is 1. The number of rotatable bonds is 6. The molecule has 68 valence electrons. The first-order valence-corrected chi connectivity index (χ1v) is 3.79. The van der Waals surface area contributed by atoms with E-state index in [-0.39, 0.29) is 12.3 Å². The number of hydrogen-bond acceptors (Lipinski definition) is 3. The summed E-state index contributed by atoms with van der Waals surface area (Å²) in [7, 11) is 0. The Labute approximate surface area is 72.5 Å². The number of carbonyl (C=O) groups excluding carboxylic acids is 1. The highest BCUT2D eigenvalue weighted by Crippen LogP contribution is 1.75. The largest absolute Gasteiger partial charge is 0.378 e. The van der Waals surface area contributed by atoms with Gasteiger partial charge in [-0.05, 0) is 0 Å². The van der Waals surface area contributed by atoms with Crippen LogP contribution in [0, 0.1) is 12.3 Å². The number of terminal acetylenes is 1. The Bertz CT molecular complexity index is 163. The second-order valence-corrected chi connectivity index (χ2v) is 2.13. The Morgan fingerprint density at radius 3 is 2.92 bits per heavy atom. The van der Waals surface area contributed by atoms with Crippen LogP contribution in [0.3, 0.4) is 0 Å². The second-order valence-electron chi connectivity index (χ2n) is 2.13. The van der Waals surface area contributed by atoms with Crippen molar-refractivity contribution in [3.05, 3.63) is 0 Å². The molecule has 0 spiro atoms. The minimum absolute atomic E-state index is 0.122. The summed E-state index contributed by atoms with van der Waals surface area (Å²) in [5, 5.41) is 2.60. The molecule has 1 amide bonds. The summed E-state index contributed by atoms with van der Waals surface area (Å²) in [5.74, 6) is 2.10. The summed E-state index contributed by atoms with van der Waals surface area (Å²) in [6.07, 6.45) is 5.04. The van der Waals surface area contributed by atoms with Crippen LogP contribution in [0.1, 0.15) is 6.42 Å². The lowest BCUT2D eigenvalue weighted by molar-refractivity contribution is -0.120. The van der Waals surface area contributed by atoms with E-state index >= 15 is 0 Å². The van der Waals surface area contributed by atoms with Gasteiger partial charge in [-0.2, -0.15) is 0 Å². The maximum atomic E-state index is 10.7. The number of nitrogens with two attached hydrogens (primary N) is 1. The van der Waals surface area contributed by atoms with Crippen molar-refractivity contribution in [3.63, 3.8) is 0 Å². The lowest BCUT2D eigenvalue weighted by Gasteiger charge is -2.03. The molecule has 0 fully saturated rings. The van der Waals surface area contributed by atoms with Crippen LogP contribution in [0.5, 0.6) is 0 Å². The van der Waals surface area contributed by atoms with Crippen molar-refractivity contribution >= 4 is 5.91 Å². The van der Waals surface area contributed by atoms with Crippen LogP contribution in [-0.2, 0) is 9.53 Å². The minimum Gasteiger partial charge on any atom is -0.378 e. The molecule has 0 saturated heterocycles. The molecule has 0 aliphatic rings. The first kappa shape index (κ1) is 11.0. The van der Waals surface area contributed by atoms with Crippen LogP contribution >= 0.6 is 0 Å². The summed E-state index contributed by atoms with van der Waals surface area (Å²) in [5.41, 5.74) is 5.18. The van der Waals surface area contributed by atoms with Gasteiger partial charge >= 0.3 is 0 Å². The number of ether oxygens (including phenoxy) is 1. The third-order valence-corrected chi connectivity index (χ3v) is 1.09. The molecular formula is C8H14N2O2. The van der Waals surface area contributed by atoms with Crippen molar-refractivity contribution in [1.29, 1.82) is 0 Å². The predicted octanol–water partition coefficient (Wildman–Crippen LogP) is -0.899. The van der Waals surface area contributed by atoms with Crippen LogP contribution in [0.4, 0.5) is 0 Å². The highest BCUT2D eigenvalue weighted by Gasteiger charge is 1.95. The summed E-state index contributed by atoms with van der Waals surface area (Å²) >= 11 is 0. The smallest absolute Gasteiger partial charge is 0.232 e. The Morgan fingerprint density at radius 2 is 2.33 bits per heavy atom. The second kappa shape index (κ2) is 8.05. The number of hydrogen-bond donors (Lipinski definition) is 2. The molecule has 0 aromatic carbocycles. The maximum Gasteiger partial charge on any atom is 0.232 e. The molecule has 12 heavy (non-hydrogen) atoms. The van der Waals surface area contributed by atoms with E-state index in [0.29, 0.717) is 26.3 Å². The topological polar surface area (TPSA) is 64.3 Å². The average molecular weight is 170 g/mol. The summed E-state index contributed by atoms with van der Waals surface area (Å²) in [6.45, 7) is 1.98. The molecule has 0 heterocycles. The fourth-order valence-electron chi connectivity index (χ4n) is 0.603. The zero-order valence-electron chi connectivity index (χ0n) is 7.01. The lowest BCUT2D eigenvalue weighted by Crippen LogP contribution is -2.27. The monoisotopic (exact) mass is 170 g/mol. The summed E-state index contributed by atoms with van der Waals surface area (Å²) in [6, 6.07) is 0. The van der Waals surface area contributed by atoms with Crippen LogP contribution in [-0.4, -0.2) is 32.2 Å².